The first-order valence-electron chi connectivity index (χ1n) is 3.57. The second kappa shape index (κ2) is 2.31. The van der Waals surface area contributed by atoms with E-state index >= 15 is 0 Å². The van der Waals surface area contributed by atoms with Crippen LogP contribution < -0.4 is 4.99 Å². The van der Waals surface area contributed by atoms with E-state index in [9.17, 15) is 4.79 Å². The van der Waals surface area contributed by atoms with Crippen molar-refractivity contribution >= 4 is 12.1 Å². The first-order valence-corrected chi connectivity index (χ1v) is 3.57. The van der Waals surface area contributed by atoms with Gasteiger partial charge in [-0.05, 0) is 11.6 Å². The van der Waals surface area contributed by atoms with Gasteiger partial charge in [0.25, 0.3) is 0 Å². The normalized spacial score (nSPS) is 14.7. The number of benzene rings is 1. The van der Waals surface area contributed by atoms with Gasteiger partial charge in [-0.2, -0.15) is 4.99 Å². The summed E-state index contributed by atoms with van der Waals surface area (Å²) in [6, 6.07) is 7.89. The first kappa shape index (κ1) is 6.28. The molecule has 0 atom stereocenters. The van der Waals surface area contributed by atoms with Crippen LogP contribution >= 0.6 is 0 Å². The van der Waals surface area contributed by atoms with Crippen molar-refractivity contribution in [3.05, 3.63) is 35.4 Å². The molecule has 1 aliphatic heterocycles. The van der Waals surface area contributed by atoms with Crippen LogP contribution in [0.1, 0.15) is 11.1 Å². The summed E-state index contributed by atoms with van der Waals surface area (Å²) in [5.41, 5.74) is 2.23. The molecule has 2 heteroatoms. The van der Waals surface area contributed by atoms with Crippen molar-refractivity contribution < 1.29 is 9.79 Å². The minimum atomic E-state index is 0.0729. The average Bonchev–Trinajstić information content (AvgIpc) is 2.04. The molecule has 0 saturated heterocycles. The van der Waals surface area contributed by atoms with Crippen molar-refractivity contribution in [1.82, 2.24) is 0 Å². The van der Waals surface area contributed by atoms with Crippen LogP contribution in [0.15, 0.2) is 24.3 Å². The zero-order chi connectivity index (χ0) is 7.68. The molecule has 2 nitrogen and oxygen atoms in total. The molecule has 54 valence electrons. The Hall–Kier alpha value is -1.44. The zero-order valence-electron chi connectivity index (χ0n) is 6.00. The van der Waals surface area contributed by atoms with E-state index in [2.05, 4.69) is 4.99 Å². The van der Waals surface area contributed by atoms with Gasteiger partial charge in [0.05, 0.1) is 6.42 Å². The van der Waals surface area contributed by atoms with Crippen LogP contribution in [-0.2, 0) is 11.2 Å². The lowest BCUT2D eigenvalue weighted by atomic mass is 10.0. The van der Waals surface area contributed by atoms with Gasteiger partial charge in [-0.25, -0.2) is 4.79 Å². The van der Waals surface area contributed by atoms with E-state index in [1.807, 2.05) is 24.3 Å². The van der Waals surface area contributed by atoms with Gasteiger partial charge in [-0.3, -0.25) is 0 Å². The summed E-state index contributed by atoms with van der Waals surface area (Å²) in [5, 5.41) is 0. The molecule has 2 rings (SSSR count). The smallest absolute Gasteiger partial charge is 0.219 e. The first-order chi connectivity index (χ1) is 5.36. The fraction of sp³-hybridized carbons (Fsp3) is 0.111. The van der Waals surface area contributed by atoms with Crippen LogP contribution in [0.4, 0.5) is 0 Å². The number of hydrogen-bond acceptors (Lipinski definition) is 1. The number of fused-ring (bicyclic) bond motifs is 1. The lowest BCUT2D eigenvalue weighted by Crippen LogP contribution is -2.76. The number of carbonyl (C=O) groups is 1. The second-order valence-electron chi connectivity index (χ2n) is 2.59. The van der Waals surface area contributed by atoms with Crippen LogP contribution in [0.5, 0.6) is 0 Å². The molecule has 1 aliphatic rings. The van der Waals surface area contributed by atoms with E-state index in [0.717, 1.165) is 11.1 Å². The predicted octanol–water partition coefficient (Wildman–Crippen LogP) is -0.731. The molecular formula is C9H8NO+. The zero-order valence-corrected chi connectivity index (χ0v) is 6.00. The molecule has 0 aliphatic carbocycles. The molecule has 1 aromatic carbocycles. The summed E-state index contributed by atoms with van der Waals surface area (Å²) in [6.07, 6.45) is 2.26. The van der Waals surface area contributed by atoms with Gasteiger partial charge in [0.2, 0.25) is 0 Å². The van der Waals surface area contributed by atoms with Gasteiger partial charge in [-0.1, -0.05) is 18.2 Å². The molecule has 0 unspecified atom stereocenters. The Morgan fingerprint density at radius 1 is 1.27 bits per heavy atom. The molecule has 0 saturated carbocycles. The Labute approximate surface area is 64.6 Å². The van der Waals surface area contributed by atoms with Crippen LogP contribution in [0.2, 0.25) is 0 Å². The van der Waals surface area contributed by atoms with E-state index in [1.165, 1.54) is 0 Å². The predicted molar refractivity (Wildman–Crippen MR) is 41.3 cm³/mol. The third-order valence-corrected chi connectivity index (χ3v) is 1.79. The lowest BCUT2D eigenvalue weighted by molar-refractivity contribution is -0.373. The van der Waals surface area contributed by atoms with Gasteiger partial charge in [-0.15, -0.1) is 0 Å². The molecule has 11 heavy (non-hydrogen) atoms. The molecule has 0 bridgehead atoms. The molecule has 1 N–H and O–H groups in total. The maximum absolute atomic E-state index is 10.9. The Kier molecular flexibility index (Phi) is 1.32. The standard InChI is InChI=1S/C9H7NO/c11-9-5-7-3-1-2-4-8(7)6-10-9/h1-4,6H,5H2/p+1. The highest BCUT2D eigenvalue weighted by Gasteiger charge is 2.15. The van der Waals surface area contributed by atoms with Crippen molar-refractivity contribution in [1.29, 1.82) is 0 Å². The quantitative estimate of drug-likeness (QED) is 0.514. The van der Waals surface area contributed by atoms with E-state index in [1.54, 1.807) is 6.21 Å². The maximum Gasteiger partial charge on any atom is 0.389 e. The minimum Gasteiger partial charge on any atom is -0.219 e. The van der Waals surface area contributed by atoms with E-state index < -0.39 is 0 Å². The summed E-state index contributed by atoms with van der Waals surface area (Å²) in [7, 11) is 0. The monoisotopic (exact) mass is 146 g/mol. The summed E-state index contributed by atoms with van der Waals surface area (Å²) in [4.78, 5) is 13.6. The number of carbonyl (C=O) groups excluding carboxylic acids is 1. The fourth-order valence-electron chi connectivity index (χ4n) is 1.22. The van der Waals surface area contributed by atoms with E-state index in [-0.39, 0.29) is 5.91 Å². The van der Waals surface area contributed by atoms with Gasteiger partial charge in [0.1, 0.15) is 0 Å². The van der Waals surface area contributed by atoms with Crippen LogP contribution in [0.3, 0.4) is 0 Å². The second-order valence-corrected chi connectivity index (χ2v) is 2.59. The fourth-order valence-corrected chi connectivity index (χ4v) is 1.22. The SMILES string of the molecule is O=C1Cc2ccccc2C=[NH+]1. The Morgan fingerprint density at radius 3 is 3.00 bits per heavy atom. The van der Waals surface area contributed by atoms with Crippen molar-refractivity contribution in [2.24, 2.45) is 0 Å². The molecule has 0 aromatic heterocycles. The number of hydrogen-bond donors (Lipinski definition) is 1. The molecule has 0 fully saturated rings. The summed E-state index contributed by atoms with van der Waals surface area (Å²) >= 11 is 0. The summed E-state index contributed by atoms with van der Waals surface area (Å²) in [6.45, 7) is 0. The van der Waals surface area contributed by atoms with Crippen LogP contribution in [0.25, 0.3) is 0 Å². The van der Waals surface area contributed by atoms with Gasteiger partial charge in [0.15, 0.2) is 6.21 Å². The van der Waals surface area contributed by atoms with Crippen LogP contribution in [0, 0.1) is 0 Å². The number of nitrogens with one attached hydrogen (secondary N) is 1. The largest absolute Gasteiger partial charge is 0.389 e. The average molecular weight is 146 g/mol. The van der Waals surface area contributed by atoms with Gasteiger partial charge in [0, 0.05) is 5.56 Å². The molecule has 0 spiro atoms. The molecule has 1 amide bonds. The minimum absolute atomic E-state index is 0.0729. The molecule has 1 aromatic rings. The number of rotatable bonds is 0. The number of amides is 1. The third-order valence-electron chi connectivity index (χ3n) is 1.79. The van der Waals surface area contributed by atoms with Crippen molar-refractivity contribution in [3.8, 4) is 0 Å². The lowest BCUT2D eigenvalue weighted by Gasteiger charge is -2.01. The third kappa shape index (κ3) is 1.07. The van der Waals surface area contributed by atoms with Crippen molar-refractivity contribution in [2.75, 3.05) is 0 Å². The topological polar surface area (TPSA) is 31.0 Å². The Morgan fingerprint density at radius 2 is 2.09 bits per heavy atom. The van der Waals surface area contributed by atoms with E-state index in [4.69, 9.17) is 0 Å². The Balaban J connectivity index is 2.54. The summed E-state index contributed by atoms with van der Waals surface area (Å²) < 4.78 is 0. The molecule has 0 radical (unpaired) electrons. The van der Waals surface area contributed by atoms with Crippen molar-refractivity contribution in [2.45, 2.75) is 6.42 Å². The van der Waals surface area contributed by atoms with Crippen LogP contribution in [-0.4, -0.2) is 12.1 Å². The highest BCUT2D eigenvalue weighted by Crippen LogP contribution is 2.06. The molecular weight excluding hydrogens is 138 g/mol. The highest BCUT2D eigenvalue weighted by atomic mass is 16.1. The Bertz CT molecular complexity index is 328. The van der Waals surface area contributed by atoms with Gasteiger partial charge >= 0.3 is 5.91 Å². The highest BCUT2D eigenvalue weighted by molar-refractivity contribution is 5.87. The molecule has 1 heterocycles. The van der Waals surface area contributed by atoms with Crippen molar-refractivity contribution in [3.63, 3.8) is 0 Å². The maximum atomic E-state index is 10.9. The van der Waals surface area contributed by atoms with E-state index in [0.29, 0.717) is 6.42 Å². The van der Waals surface area contributed by atoms with Gasteiger partial charge < -0.3 is 0 Å². The summed E-state index contributed by atoms with van der Waals surface area (Å²) in [5.74, 6) is 0.0729.